The number of nitrogens with one attached hydrogen (secondary N) is 1. The molecule has 5 nitrogen and oxygen atoms in total. The molecule has 2 N–H and O–H groups in total. The van der Waals surface area contributed by atoms with E-state index in [9.17, 15) is 14.7 Å². The van der Waals surface area contributed by atoms with E-state index in [1.165, 1.54) is 5.56 Å². The van der Waals surface area contributed by atoms with E-state index in [0.29, 0.717) is 12.8 Å². The van der Waals surface area contributed by atoms with Crippen LogP contribution in [0.3, 0.4) is 0 Å². The Labute approximate surface area is 123 Å². The number of rotatable bonds is 4. The van der Waals surface area contributed by atoms with Gasteiger partial charge in [-0.1, -0.05) is 31.0 Å². The van der Waals surface area contributed by atoms with Gasteiger partial charge >= 0.3 is 5.97 Å². The molecule has 0 bridgehead atoms. The van der Waals surface area contributed by atoms with Crippen molar-refractivity contribution in [3.05, 3.63) is 29.8 Å². The lowest BCUT2D eigenvalue weighted by atomic mass is 9.98. The van der Waals surface area contributed by atoms with E-state index in [0.717, 1.165) is 31.5 Å². The number of fused-ring (bicyclic) bond motifs is 1. The molecule has 1 aromatic rings. The normalized spacial score (nSPS) is 19.3. The fourth-order valence-corrected chi connectivity index (χ4v) is 3.42. The van der Waals surface area contributed by atoms with Gasteiger partial charge in [0.2, 0.25) is 5.91 Å². The summed E-state index contributed by atoms with van der Waals surface area (Å²) in [7, 11) is 0. The maximum atomic E-state index is 12.3. The van der Waals surface area contributed by atoms with Crippen LogP contribution in [0.15, 0.2) is 24.3 Å². The summed E-state index contributed by atoms with van der Waals surface area (Å²) >= 11 is 0. The summed E-state index contributed by atoms with van der Waals surface area (Å²) in [6.45, 7) is 1.04. The third kappa shape index (κ3) is 2.60. The predicted molar refractivity (Wildman–Crippen MR) is 79.3 cm³/mol. The highest BCUT2D eigenvalue weighted by Crippen LogP contribution is 2.30. The van der Waals surface area contributed by atoms with Crippen molar-refractivity contribution in [1.29, 1.82) is 0 Å². The number of hydrogen-bond donors (Lipinski definition) is 2. The summed E-state index contributed by atoms with van der Waals surface area (Å²) < 4.78 is 0. The van der Waals surface area contributed by atoms with Crippen LogP contribution in [0.25, 0.3) is 0 Å². The molecule has 1 heterocycles. The molecule has 5 heteroatoms. The number of anilines is 1. The van der Waals surface area contributed by atoms with Crippen LogP contribution in [-0.4, -0.2) is 35.6 Å². The van der Waals surface area contributed by atoms with E-state index >= 15 is 0 Å². The molecule has 0 spiro atoms. The van der Waals surface area contributed by atoms with Crippen LogP contribution in [0.5, 0.6) is 0 Å². The molecule has 1 saturated carbocycles. The Bertz CT molecular complexity index is 564. The molecule has 0 atom stereocenters. The molecule has 3 rings (SSSR count). The highest BCUT2D eigenvalue weighted by Gasteiger charge is 2.42. The number of nitrogens with zero attached hydrogens (tertiary/aromatic N) is 1. The Morgan fingerprint density at radius 1 is 1.24 bits per heavy atom. The second kappa shape index (κ2) is 5.39. The first-order valence-electron chi connectivity index (χ1n) is 7.48. The van der Waals surface area contributed by atoms with Crippen molar-refractivity contribution in [1.82, 2.24) is 5.32 Å². The summed E-state index contributed by atoms with van der Waals surface area (Å²) in [6, 6.07) is 8.05. The minimum atomic E-state index is -1.05. The molecule has 0 saturated heterocycles. The number of para-hydroxylation sites is 1. The number of carbonyl (C=O) groups is 2. The van der Waals surface area contributed by atoms with Gasteiger partial charge in [0, 0.05) is 12.2 Å². The molecule has 1 aliphatic carbocycles. The average Bonchev–Trinajstić information content (AvgIpc) is 3.08. The zero-order chi connectivity index (χ0) is 14.9. The molecule has 1 aliphatic heterocycles. The largest absolute Gasteiger partial charge is 0.480 e. The highest BCUT2D eigenvalue weighted by atomic mass is 16.4. The van der Waals surface area contributed by atoms with Crippen LogP contribution in [-0.2, 0) is 16.0 Å². The fourth-order valence-electron chi connectivity index (χ4n) is 3.42. The topological polar surface area (TPSA) is 69.6 Å². The van der Waals surface area contributed by atoms with E-state index in [1.54, 1.807) is 0 Å². The van der Waals surface area contributed by atoms with E-state index in [1.807, 2.05) is 23.1 Å². The molecule has 0 aromatic heterocycles. The third-order valence-corrected chi connectivity index (χ3v) is 4.56. The Hall–Kier alpha value is -2.04. The van der Waals surface area contributed by atoms with Crippen LogP contribution in [0.1, 0.15) is 31.2 Å². The van der Waals surface area contributed by atoms with Crippen LogP contribution in [0.4, 0.5) is 5.69 Å². The van der Waals surface area contributed by atoms with Gasteiger partial charge in [-0.15, -0.1) is 0 Å². The molecular weight excluding hydrogens is 268 g/mol. The average molecular weight is 288 g/mol. The summed E-state index contributed by atoms with van der Waals surface area (Å²) in [5.74, 6) is -1.11. The van der Waals surface area contributed by atoms with Gasteiger partial charge in [-0.05, 0) is 30.9 Å². The van der Waals surface area contributed by atoms with Gasteiger partial charge in [-0.25, -0.2) is 4.79 Å². The van der Waals surface area contributed by atoms with Gasteiger partial charge in [0.1, 0.15) is 5.54 Å². The Morgan fingerprint density at radius 3 is 2.67 bits per heavy atom. The Balaban J connectivity index is 1.66. The first-order valence-corrected chi connectivity index (χ1v) is 7.48. The molecular formula is C16H20N2O3. The minimum absolute atomic E-state index is 0.198. The summed E-state index contributed by atoms with van der Waals surface area (Å²) in [4.78, 5) is 25.7. The van der Waals surface area contributed by atoms with Crippen molar-refractivity contribution in [3.8, 4) is 0 Å². The summed E-state index contributed by atoms with van der Waals surface area (Å²) in [6.07, 6.45) is 3.72. The van der Waals surface area contributed by atoms with Gasteiger partial charge in [0.15, 0.2) is 0 Å². The lowest BCUT2D eigenvalue weighted by Crippen LogP contribution is -2.54. The molecule has 0 unspecified atom stereocenters. The van der Waals surface area contributed by atoms with Gasteiger partial charge in [-0.2, -0.15) is 0 Å². The predicted octanol–water partition coefficient (Wildman–Crippen LogP) is 1.56. The van der Waals surface area contributed by atoms with E-state index in [-0.39, 0.29) is 12.5 Å². The van der Waals surface area contributed by atoms with Crippen molar-refractivity contribution >= 4 is 17.6 Å². The number of carbonyl (C=O) groups excluding carboxylic acids is 1. The first-order chi connectivity index (χ1) is 10.1. The number of carboxylic acid groups (broad SMARTS) is 1. The van der Waals surface area contributed by atoms with Crippen LogP contribution in [0.2, 0.25) is 0 Å². The van der Waals surface area contributed by atoms with Crippen molar-refractivity contribution in [3.63, 3.8) is 0 Å². The molecule has 21 heavy (non-hydrogen) atoms. The van der Waals surface area contributed by atoms with Crippen LogP contribution in [0, 0.1) is 0 Å². The van der Waals surface area contributed by atoms with E-state index in [2.05, 4.69) is 11.4 Å². The number of aliphatic carboxylic acids is 1. The second-order valence-electron chi connectivity index (χ2n) is 5.94. The standard InChI is InChI=1S/C16H20N2O3/c19-14(17-16(15(20)21)8-3-4-9-16)11-18-10-7-12-5-1-2-6-13(12)18/h1-2,5-6H,3-4,7-11H2,(H,17,19)(H,20,21). The Kier molecular flexibility index (Phi) is 3.57. The summed E-state index contributed by atoms with van der Waals surface area (Å²) in [5, 5.41) is 12.2. The van der Waals surface area contributed by atoms with Gasteiger partial charge in [0.25, 0.3) is 0 Å². The van der Waals surface area contributed by atoms with Crippen molar-refractivity contribution in [2.24, 2.45) is 0 Å². The number of benzene rings is 1. The lowest BCUT2D eigenvalue weighted by Gasteiger charge is -2.27. The molecule has 2 aliphatic rings. The van der Waals surface area contributed by atoms with E-state index < -0.39 is 11.5 Å². The third-order valence-electron chi connectivity index (χ3n) is 4.56. The quantitative estimate of drug-likeness (QED) is 0.882. The lowest BCUT2D eigenvalue weighted by molar-refractivity contribution is -0.147. The number of carboxylic acids is 1. The maximum Gasteiger partial charge on any atom is 0.329 e. The van der Waals surface area contributed by atoms with Crippen molar-refractivity contribution < 1.29 is 14.7 Å². The SMILES string of the molecule is O=C(CN1CCc2ccccc21)NC1(C(=O)O)CCCC1. The Morgan fingerprint density at radius 2 is 1.95 bits per heavy atom. The van der Waals surface area contributed by atoms with E-state index in [4.69, 9.17) is 0 Å². The van der Waals surface area contributed by atoms with Gasteiger partial charge in [0.05, 0.1) is 6.54 Å². The first kappa shape index (κ1) is 13.9. The zero-order valence-electron chi connectivity index (χ0n) is 12.0. The molecule has 1 amide bonds. The number of amides is 1. The van der Waals surface area contributed by atoms with Gasteiger partial charge < -0.3 is 15.3 Å². The molecule has 1 aromatic carbocycles. The maximum absolute atomic E-state index is 12.3. The molecule has 0 radical (unpaired) electrons. The van der Waals surface area contributed by atoms with Crippen molar-refractivity contribution in [2.75, 3.05) is 18.0 Å². The second-order valence-corrected chi connectivity index (χ2v) is 5.94. The van der Waals surface area contributed by atoms with Gasteiger partial charge in [-0.3, -0.25) is 4.79 Å². The van der Waals surface area contributed by atoms with Crippen LogP contribution >= 0.6 is 0 Å². The number of hydrogen-bond acceptors (Lipinski definition) is 3. The molecule has 112 valence electrons. The van der Waals surface area contributed by atoms with Crippen LogP contribution < -0.4 is 10.2 Å². The fraction of sp³-hybridized carbons (Fsp3) is 0.500. The highest BCUT2D eigenvalue weighted by molar-refractivity contribution is 5.89. The summed E-state index contributed by atoms with van der Waals surface area (Å²) in [5.41, 5.74) is 1.29. The monoisotopic (exact) mass is 288 g/mol. The molecule has 1 fully saturated rings. The minimum Gasteiger partial charge on any atom is -0.480 e. The smallest absolute Gasteiger partial charge is 0.329 e. The zero-order valence-corrected chi connectivity index (χ0v) is 12.0. The van der Waals surface area contributed by atoms with Crippen molar-refractivity contribution in [2.45, 2.75) is 37.6 Å².